The maximum Gasteiger partial charge on any atom is 0.321 e. The van der Waals surface area contributed by atoms with Gasteiger partial charge in [-0.2, -0.15) is 0 Å². The highest BCUT2D eigenvalue weighted by atomic mass is 35.5. The first-order valence-electron chi connectivity index (χ1n) is 8.47. The molecule has 0 radical (unpaired) electrons. The predicted molar refractivity (Wildman–Crippen MR) is 99.2 cm³/mol. The van der Waals surface area contributed by atoms with E-state index in [0.29, 0.717) is 17.5 Å². The third-order valence-electron chi connectivity index (χ3n) is 4.42. The molecule has 1 aromatic heterocycles. The van der Waals surface area contributed by atoms with Crippen molar-refractivity contribution in [2.75, 3.05) is 25.0 Å². The molecule has 0 unspecified atom stereocenters. The number of hydrogen-bond donors (Lipinski definition) is 1. The Morgan fingerprint density at radius 1 is 1.36 bits per heavy atom. The summed E-state index contributed by atoms with van der Waals surface area (Å²) in [7, 11) is 0. The number of carbonyl (C=O) groups is 1. The third kappa shape index (κ3) is 4.86. The van der Waals surface area contributed by atoms with Crippen molar-refractivity contribution in [3.05, 3.63) is 53.3 Å². The van der Waals surface area contributed by atoms with Crippen LogP contribution in [0.4, 0.5) is 10.5 Å². The quantitative estimate of drug-likeness (QED) is 0.882. The van der Waals surface area contributed by atoms with Gasteiger partial charge in [-0.15, -0.1) is 0 Å². The largest absolute Gasteiger partial charge is 0.493 e. The topological polar surface area (TPSA) is 54.5 Å². The second-order valence-corrected chi connectivity index (χ2v) is 6.76. The monoisotopic (exact) mass is 359 g/mol. The Balaban J connectivity index is 1.45. The van der Waals surface area contributed by atoms with Crippen LogP contribution in [0.25, 0.3) is 0 Å². The third-order valence-corrected chi connectivity index (χ3v) is 4.66. The second-order valence-electron chi connectivity index (χ2n) is 6.32. The first kappa shape index (κ1) is 17.5. The smallest absolute Gasteiger partial charge is 0.321 e. The van der Waals surface area contributed by atoms with E-state index in [1.807, 2.05) is 30.0 Å². The molecule has 1 saturated heterocycles. The highest BCUT2D eigenvalue weighted by Crippen LogP contribution is 2.22. The molecule has 0 atom stereocenters. The van der Waals surface area contributed by atoms with Gasteiger partial charge in [0.15, 0.2) is 0 Å². The number of urea groups is 1. The molecular weight excluding hydrogens is 338 g/mol. The Morgan fingerprint density at radius 2 is 2.16 bits per heavy atom. The zero-order valence-corrected chi connectivity index (χ0v) is 15.0. The number of hydrogen-bond acceptors (Lipinski definition) is 3. The number of nitrogens with one attached hydrogen (secondary N) is 1. The van der Waals surface area contributed by atoms with Crippen molar-refractivity contribution in [1.82, 2.24) is 9.88 Å². The van der Waals surface area contributed by atoms with E-state index in [2.05, 4.69) is 10.3 Å². The Hall–Kier alpha value is -2.27. The molecule has 5 nitrogen and oxygen atoms in total. The van der Waals surface area contributed by atoms with Crippen molar-refractivity contribution in [3.63, 3.8) is 0 Å². The summed E-state index contributed by atoms with van der Waals surface area (Å²) in [6.07, 6.45) is 5.42. The maximum absolute atomic E-state index is 12.3. The molecule has 0 bridgehead atoms. The van der Waals surface area contributed by atoms with E-state index in [0.717, 1.165) is 42.9 Å². The molecule has 0 aliphatic carbocycles. The minimum Gasteiger partial charge on any atom is -0.493 e. The summed E-state index contributed by atoms with van der Waals surface area (Å²) in [5, 5.41) is 3.51. The molecule has 2 heterocycles. The summed E-state index contributed by atoms with van der Waals surface area (Å²) >= 11 is 5.95. The minimum absolute atomic E-state index is 0.0772. The number of halogens is 1. The molecule has 0 saturated carbocycles. The van der Waals surface area contributed by atoms with Crippen LogP contribution in [-0.2, 0) is 0 Å². The number of likely N-dealkylation sites (tertiary alicyclic amines) is 1. The van der Waals surface area contributed by atoms with Gasteiger partial charge in [-0.25, -0.2) is 4.79 Å². The van der Waals surface area contributed by atoms with Crippen LogP contribution in [0.1, 0.15) is 18.4 Å². The average molecular weight is 360 g/mol. The number of carbonyl (C=O) groups excluding carboxylic acids is 1. The number of rotatable bonds is 4. The highest BCUT2D eigenvalue weighted by Gasteiger charge is 2.23. The predicted octanol–water partition coefficient (Wildman–Crippen LogP) is 4.37. The van der Waals surface area contributed by atoms with Gasteiger partial charge in [0, 0.05) is 41.8 Å². The lowest BCUT2D eigenvalue weighted by Gasteiger charge is -2.32. The SMILES string of the molecule is Cc1cnccc1OCC1CCN(C(=O)Nc2cccc(Cl)c2)CC1. The lowest BCUT2D eigenvalue weighted by atomic mass is 9.98. The molecule has 1 aliphatic rings. The summed E-state index contributed by atoms with van der Waals surface area (Å²) in [5.74, 6) is 1.35. The van der Waals surface area contributed by atoms with Crippen molar-refractivity contribution in [3.8, 4) is 5.75 Å². The number of aryl methyl sites for hydroxylation is 1. The van der Waals surface area contributed by atoms with Crippen LogP contribution >= 0.6 is 11.6 Å². The number of aromatic nitrogens is 1. The van der Waals surface area contributed by atoms with Crippen LogP contribution in [0.5, 0.6) is 5.75 Å². The summed E-state index contributed by atoms with van der Waals surface area (Å²) < 4.78 is 5.91. The molecule has 2 amide bonds. The molecule has 25 heavy (non-hydrogen) atoms. The molecule has 1 fully saturated rings. The Kier molecular flexibility index (Phi) is 5.76. The summed E-state index contributed by atoms with van der Waals surface area (Å²) in [6, 6.07) is 9.00. The number of pyridine rings is 1. The number of benzene rings is 1. The summed E-state index contributed by atoms with van der Waals surface area (Å²) in [6.45, 7) is 4.13. The zero-order chi connectivity index (χ0) is 17.6. The fourth-order valence-electron chi connectivity index (χ4n) is 2.90. The molecule has 1 aromatic carbocycles. The van der Waals surface area contributed by atoms with E-state index in [1.54, 1.807) is 24.5 Å². The van der Waals surface area contributed by atoms with Gasteiger partial charge in [-0.05, 0) is 49.9 Å². The van der Waals surface area contributed by atoms with Gasteiger partial charge in [-0.3, -0.25) is 4.98 Å². The Labute approximate surface area is 153 Å². The standard InChI is InChI=1S/C19H22ClN3O2/c1-14-12-21-8-5-18(14)25-13-15-6-9-23(10-7-15)19(24)22-17-4-2-3-16(20)11-17/h2-5,8,11-12,15H,6-7,9-10,13H2,1H3,(H,22,24). The van der Waals surface area contributed by atoms with Crippen LogP contribution in [0.3, 0.4) is 0 Å². The van der Waals surface area contributed by atoms with Gasteiger partial charge in [0.2, 0.25) is 0 Å². The molecule has 2 aromatic rings. The van der Waals surface area contributed by atoms with E-state index < -0.39 is 0 Å². The Morgan fingerprint density at radius 3 is 2.88 bits per heavy atom. The van der Waals surface area contributed by atoms with E-state index in [1.165, 1.54) is 0 Å². The molecule has 132 valence electrons. The van der Waals surface area contributed by atoms with Crippen LogP contribution in [-0.4, -0.2) is 35.6 Å². The van der Waals surface area contributed by atoms with E-state index >= 15 is 0 Å². The molecule has 0 spiro atoms. The molecule has 1 aliphatic heterocycles. The second kappa shape index (κ2) is 8.21. The zero-order valence-electron chi connectivity index (χ0n) is 14.2. The number of amides is 2. The van der Waals surface area contributed by atoms with E-state index in [-0.39, 0.29) is 6.03 Å². The van der Waals surface area contributed by atoms with Gasteiger partial charge in [-0.1, -0.05) is 17.7 Å². The maximum atomic E-state index is 12.3. The van der Waals surface area contributed by atoms with Crippen molar-refractivity contribution in [2.24, 2.45) is 5.92 Å². The molecule has 1 N–H and O–H groups in total. The highest BCUT2D eigenvalue weighted by molar-refractivity contribution is 6.30. The van der Waals surface area contributed by atoms with Gasteiger partial charge < -0.3 is 15.0 Å². The van der Waals surface area contributed by atoms with E-state index in [9.17, 15) is 4.79 Å². The molecular formula is C19H22ClN3O2. The number of piperidine rings is 1. The summed E-state index contributed by atoms with van der Waals surface area (Å²) in [5.41, 5.74) is 1.76. The van der Waals surface area contributed by atoms with Gasteiger partial charge in [0.05, 0.1) is 6.61 Å². The van der Waals surface area contributed by atoms with Crippen molar-refractivity contribution < 1.29 is 9.53 Å². The fourth-order valence-corrected chi connectivity index (χ4v) is 3.09. The number of nitrogens with zero attached hydrogens (tertiary/aromatic N) is 2. The van der Waals surface area contributed by atoms with Crippen LogP contribution in [0, 0.1) is 12.8 Å². The van der Waals surface area contributed by atoms with Crippen LogP contribution < -0.4 is 10.1 Å². The summed E-state index contributed by atoms with van der Waals surface area (Å²) in [4.78, 5) is 18.3. The molecule has 3 rings (SSSR count). The van der Waals surface area contributed by atoms with Crippen molar-refractivity contribution in [1.29, 1.82) is 0 Å². The lowest BCUT2D eigenvalue weighted by molar-refractivity contribution is 0.152. The van der Waals surface area contributed by atoms with Crippen LogP contribution in [0.15, 0.2) is 42.7 Å². The van der Waals surface area contributed by atoms with Gasteiger partial charge in [0.1, 0.15) is 5.75 Å². The lowest BCUT2D eigenvalue weighted by Crippen LogP contribution is -2.42. The van der Waals surface area contributed by atoms with E-state index in [4.69, 9.17) is 16.3 Å². The van der Waals surface area contributed by atoms with Crippen LogP contribution in [0.2, 0.25) is 5.02 Å². The van der Waals surface area contributed by atoms with Crippen molar-refractivity contribution in [2.45, 2.75) is 19.8 Å². The first-order chi connectivity index (χ1) is 12.1. The number of anilines is 1. The number of ether oxygens (including phenoxy) is 1. The van der Waals surface area contributed by atoms with Gasteiger partial charge in [0.25, 0.3) is 0 Å². The van der Waals surface area contributed by atoms with Crippen molar-refractivity contribution >= 4 is 23.3 Å². The minimum atomic E-state index is -0.0772. The Bertz CT molecular complexity index is 730. The van der Waals surface area contributed by atoms with Gasteiger partial charge >= 0.3 is 6.03 Å². The normalized spacial score (nSPS) is 15.0. The first-order valence-corrected chi connectivity index (χ1v) is 8.84. The average Bonchev–Trinajstić information content (AvgIpc) is 2.61. The fraction of sp³-hybridized carbons (Fsp3) is 0.368. The molecule has 6 heteroatoms.